The number of hydrogen-bond donors (Lipinski definition) is 2. The molecule has 0 radical (unpaired) electrons. The van der Waals surface area contributed by atoms with E-state index in [4.69, 9.17) is 0 Å². The minimum atomic E-state index is -0.439. The standard InChI is InChI=1S/C13H23N3O2/c1-10(2)11(17)15-8-6-14-7-9-16-12(18)13(3,4)5/h9,14H,1,6-8H2,2-5H3,(H,15,17). The molecule has 0 aromatic rings. The van der Waals surface area contributed by atoms with Gasteiger partial charge in [0.2, 0.25) is 5.91 Å². The fraction of sp³-hybridized carbons (Fsp3) is 0.615. The van der Waals surface area contributed by atoms with Crippen molar-refractivity contribution in [2.75, 3.05) is 19.6 Å². The van der Waals surface area contributed by atoms with E-state index in [0.717, 1.165) is 0 Å². The van der Waals surface area contributed by atoms with Gasteiger partial charge in [-0.15, -0.1) is 0 Å². The number of carbonyl (C=O) groups is 2. The highest BCUT2D eigenvalue weighted by Gasteiger charge is 2.19. The number of nitrogens with one attached hydrogen (secondary N) is 2. The van der Waals surface area contributed by atoms with E-state index in [1.807, 2.05) is 20.8 Å². The summed E-state index contributed by atoms with van der Waals surface area (Å²) in [7, 11) is 0. The van der Waals surface area contributed by atoms with Crippen molar-refractivity contribution >= 4 is 18.0 Å². The van der Waals surface area contributed by atoms with Crippen LogP contribution in [0.15, 0.2) is 17.1 Å². The highest BCUT2D eigenvalue weighted by Crippen LogP contribution is 2.14. The molecule has 2 N–H and O–H groups in total. The third kappa shape index (κ3) is 7.73. The van der Waals surface area contributed by atoms with Gasteiger partial charge in [-0.1, -0.05) is 27.4 Å². The van der Waals surface area contributed by atoms with Crippen LogP contribution in [0.1, 0.15) is 27.7 Å². The molecule has 0 aromatic heterocycles. The zero-order valence-corrected chi connectivity index (χ0v) is 11.7. The molecule has 102 valence electrons. The van der Waals surface area contributed by atoms with Crippen LogP contribution in [0.25, 0.3) is 0 Å². The third-order valence-electron chi connectivity index (χ3n) is 2.06. The molecule has 0 atom stereocenters. The largest absolute Gasteiger partial charge is 0.351 e. The molecule has 0 aliphatic carbocycles. The topological polar surface area (TPSA) is 70.6 Å². The van der Waals surface area contributed by atoms with E-state index < -0.39 is 5.41 Å². The Labute approximate surface area is 109 Å². The molecule has 0 bridgehead atoms. The normalized spacial score (nSPS) is 11.6. The Morgan fingerprint density at radius 1 is 1.28 bits per heavy atom. The van der Waals surface area contributed by atoms with E-state index in [2.05, 4.69) is 22.2 Å². The summed E-state index contributed by atoms with van der Waals surface area (Å²) in [4.78, 5) is 26.4. The number of hydrogen-bond acceptors (Lipinski definition) is 3. The first kappa shape index (κ1) is 16.5. The SMILES string of the molecule is C=C(C)C(=O)NCCNCC=NC(=O)C(C)(C)C. The summed E-state index contributed by atoms with van der Waals surface area (Å²) in [6.45, 7) is 12.3. The number of nitrogens with zero attached hydrogens (tertiary/aromatic N) is 1. The Morgan fingerprint density at radius 2 is 1.89 bits per heavy atom. The van der Waals surface area contributed by atoms with Gasteiger partial charge < -0.3 is 10.6 Å². The van der Waals surface area contributed by atoms with Gasteiger partial charge in [-0.2, -0.15) is 0 Å². The van der Waals surface area contributed by atoms with Crippen LogP contribution in [0, 0.1) is 5.41 Å². The minimum absolute atomic E-state index is 0.139. The fourth-order valence-corrected chi connectivity index (χ4v) is 0.904. The van der Waals surface area contributed by atoms with Crippen molar-refractivity contribution in [1.29, 1.82) is 0 Å². The van der Waals surface area contributed by atoms with Gasteiger partial charge in [0.05, 0.1) is 0 Å². The van der Waals surface area contributed by atoms with E-state index in [0.29, 0.717) is 25.2 Å². The Kier molecular flexibility index (Phi) is 7.12. The van der Waals surface area contributed by atoms with Gasteiger partial charge in [0.1, 0.15) is 0 Å². The van der Waals surface area contributed by atoms with Crippen LogP contribution >= 0.6 is 0 Å². The quantitative estimate of drug-likeness (QED) is 0.420. The van der Waals surface area contributed by atoms with Crippen LogP contribution < -0.4 is 10.6 Å². The van der Waals surface area contributed by atoms with E-state index in [9.17, 15) is 9.59 Å². The second-order valence-corrected chi connectivity index (χ2v) is 5.11. The monoisotopic (exact) mass is 253 g/mol. The van der Waals surface area contributed by atoms with Crippen LogP contribution in [0.4, 0.5) is 0 Å². The van der Waals surface area contributed by atoms with Gasteiger partial charge in [-0.05, 0) is 6.92 Å². The van der Waals surface area contributed by atoms with Gasteiger partial charge in [-0.3, -0.25) is 9.59 Å². The smallest absolute Gasteiger partial charge is 0.250 e. The molecule has 0 spiro atoms. The van der Waals surface area contributed by atoms with Crippen LogP contribution in [0.3, 0.4) is 0 Å². The minimum Gasteiger partial charge on any atom is -0.351 e. The molecule has 2 amide bonds. The summed E-state index contributed by atoms with van der Waals surface area (Å²) < 4.78 is 0. The molecule has 0 heterocycles. The highest BCUT2D eigenvalue weighted by atomic mass is 16.2. The van der Waals surface area contributed by atoms with Crippen molar-refractivity contribution in [2.24, 2.45) is 10.4 Å². The second-order valence-electron chi connectivity index (χ2n) is 5.11. The maximum atomic E-state index is 11.4. The molecule has 0 aliphatic heterocycles. The van der Waals surface area contributed by atoms with Crippen molar-refractivity contribution in [3.05, 3.63) is 12.2 Å². The van der Waals surface area contributed by atoms with Crippen molar-refractivity contribution in [3.63, 3.8) is 0 Å². The summed E-state index contributed by atoms with van der Waals surface area (Å²) in [5, 5.41) is 5.73. The maximum absolute atomic E-state index is 11.4. The van der Waals surface area contributed by atoms with Crippen LogP contribution in [0.2, 0.25) is 0 Å². The van der Waals surface area contributed by atoms with E-state index in [-0.39, 0.29) is 11.8 Å². The number of amides is 2. The molecule has 0 saturated heterocycles. The van der Waals surface area contributed by atoms with E-state index in [1.54, 1.807) is 13.1 Å². The van der Waals surface area contributed by atoms with Gasteiger partial charge in [-0.25, -0.2) is 4.99 Å². The van der Waals surface area contributed by atoms with Gasteiger partial charge in [0.15, 0.2) is 0 Å². The molecule has 0 aromatic carbocycles. The highest BCUT2D eigenvalue weighted by molar-refractivity contribution is 5.92. The van der Waals surface area contributed by atoms with Crippen molar-refractivity contribution in [1.82, 2.24) is 10.6 Å². The lowest BCUT2D eigenvalue weighted by atomic mass is 9.96. The molecule has 0 aliphatic rings. The first-order chi connectivity index (χ1) is 8.25. The second kappa shape index (κ2) is 7.76. The van der Waals surface area contributed by atoms with Crippen LogP contribution in [0.5, 0.6) is 0 Å². The molecule has 0 saturated carbocycles. The molecular formula is C13H23N3O2. The Morgan fingerprint density at radius 3 is 2.39 bits per heavy atom. The predicted octanol–water partition coefficient (Wildman–Crippen LogP) is 0.912. The lowest BCUT2D eigenvalue weighted by molar-refractivity contribution is -0.124. The number of rotatable bonds is 6. The van der Waals surface area contributed by atoms with E-state index in [1.165, 1.54) is 0 Å². The predicted molar refractivity (Wildman–Crippen MR) is 73.6 cm³/mol. The average molecular weight is 253 g/mol. The molecule has 0 fully saturated rings. The van der Waals surface area contributed by atoms with Crippen molar-refractivity contribution < 1.29 is 9.59 Å². The van der Waals surface area contributed by atoms with Crippen LogP contribution in [-0.4, -0.2) is 37.7 Å². The molecule has 18 heavy (non-hydrogen) atoms. The Hall–Kier alpha value is -1.49. The molecule has 0 unspecified atom stereocenters. The summed E-state index contributed by atoms with van der Waals surface area (Å²) in [5.41, 5.74) is 0.0544. The summed E-state index contributed by atoms with van der Waals surface area (Å²) in [6.07, 6.45) is 1.55. The van der Waals surface area contributed by atoms with Gasteiger partial charge in [0.25, 0.3) is 5.91 Å². The van der Waals surface area contributed by atoms with E-state index >= 15 is 0 Å². The van der Waals surface area contributed by atoms with Gasteiger partial charge in [0, 0.05) is 36.8 Å². The Bertz CT molecular complexity index is 341. The molecule has 5 nitrogen and oxygen atoms in total. The fourth-order valence-electron chi connectivity index (χ4n) is 0.904. The maximum Gasteiger partial charge on any atom is 0.250 e. The summed E-state index contributed by atoms with van der Waals surface area (Å²) in [5.74, 6) is -0.284. The first-order valence-electron chi connectivity index (χ1n) is 5.96. The van der Waals surface area contributed by atoms with Gasteiger partial charge >= 0.3 is 0 Å². The number of carbonyl (C=O) groups excluding carboxylic acids is 2. The lowest BCUT2D eigenvalue weighted by Crippen LogP contribution is -2.32. The third-order valence-corrected chi connectivity index (χ3v) is 2.06. The number of aliphatic imine (C=N–C) groups is 1. The first-order valence-corrected chi connectivity index (χ1v) is 5.96. The zero-order valence-electron chi connectivity index (χ0n) is 11.7. The average Bonchev–Trinajstić information content (AvgIpc) is 2.25. The Balaban J connectivity index is 3.64. The molecular weight excluding hydrogens is 230 g/mol. The molecule has 5 heteroatoms. The molecule has 0 rings (SSSR count). The summed E-state index contributed by atoms with van der Waals surface area (Å²) in [6, 6.07) is 0. The van der Waals surface area contributed by atoms with Crippen LogP contribution in [-0.2, 0) is 9.59 Å². The van der Waals surface area contributed by atoms with Crippen molar-refractivity contribution in [3.8, 4) is 0 Å². The van der Waals surface area contributed by atoms with Crippen molar-refractivity contribution in [2.45, 2.75) is 27.7 Å². The zero-order chi connectivity index (χ0) is 14.2. The lowest BCUT2D eigenvalue weighted by Gasteiger charge is -2.11. The summed E-state index contributed by atoms with van der Waals surface area (Å²) >= 11 is 0.